The molecule has 0 aliphatic carbocycles. The second kappa shape index (κ2) is 4.80. The Hall–Kier alpha value is -1.30. The largest absolute Gasteiger partial charge is 0.409 e. The van der Waals surface area contributed by atoms with E-state index in [1.807, 2.05) is 0 Å². The van der Waals surface area contributed by atoms with Crippen molar-refractivity contribution in [3.63, 3.8) is 0 Å². The minimum Gasteiger partial charge on any atom is -0.409 e. The van der Waals surface area contributed by atoms with E-state index in [2.05, 4.69) is 5.16 Å². The van der Waals surface area contributed by atoms with Crippen molar-refractivity contribution in [1.82, 2.24) is 4.90 Å². The van der Waals surface area contributed by atoms with Crippen LogP contribution in [0.2, 0.25) is 0 Å². The van der Waals surface area contributed by atoms with Crippen LogP contribution in [-0.4, -0.2) is 47.2 Å². The van der Waals surface area contributed by atoms with Crippen LogP contribution in [0, 0.1) is 5.41 Å². The number of amides is 1. The standard InChI is InChI=1S/C8H17N3O3/c1-8(2,6(9)10-14)7(13)11(3)4-5-12/h12,14H,4-5H2,1-3H3,(H2,9,10). The summed E-state index contributed by atoms with van der Waals surface area (Å²) in [6, 6.07) is 0. The Kier molecular flexibility index (Phi) is 4.36. The smallest absolute Gasteiger partial charge is 0.235 e. The van der Waals surface area contributed by atoms with Crippen molar-refractivity contribution >= 4 is 11.7 Å². The lowest BCUT2D eigenvalue weighted by molar-refractivity contribution is -0.136. The van der Waals surface area contributed by atoms with Crippen LogP contribution in [0.4, 0.5) is 0 Å². The van der Waals surface area contributed by atoms with Gasteiger partial charge in [0.15, 0.2) is 5.84 Å². The molecule has 0 aliphatic rings. The fourth-order valence-corrected chi connectivity index (χ4v) is 0.963. The average molecular weight is 203 g/mol. The molecule has 0 radical (unpaired) electrons. The summed E-state index contributed by atoms with van der Waals surface area (Å²) in [6.07, 6.45) is 0. The summed E-state index contributed by atoms with van der Waals surface area (Å²) in [7, 11) is 1.55. The molecule has 0 aliphatic heterocycles. The minimum absolute atomic E-state index is 0.117. The normalized spacial score (nSPS) is 12.7. The van der Waals surface area contributed by atoms with Gasteiger partial charge in [0.2, 0.25) is 5.91 Å². The van der Waals surface area contributed by atoms with Crippen molar-refractivity contribution < 1.29 is 15.1 Å². The Morgan fingerprint density at radius 2 is 2.07 bits per heavy atom. The minimum atomic E-state index is -1.06. The summed E-state index contributed by atoms with van der Waals surface area (Å²) >= 11 is 0. The Bertz CT molecular complexity index is 238. The predicted octanol–water partition coefficient (Wildman–Crippen LogP) is -0.790. The molecular weight excluding hydrogens is 186 g/mol. The Morgan fingerprint density at radius 3 is 2.43 bits per heavy atom. The van der Waals surface area contributed by atoms with Gasteiger partial charge in [0, 0.05) is 13.6 Å². The first-order valence-electron chi connectivity index (χ1n) is 4.22. The molecule has 0 rings (SSSR count). The van der Waals surface area contributed by atoms with E-state index >= 15 is 0 Å². The molecule has 0 heterocycles. The van der Waals surface area contributed by atoms with E-state index in [-0.39, 0.29) is 24.9 Å². The van der Waals surface area contributed by atoms with Gasteiger partial charge in [0.1, 0.15) is 5.41 Å². The van der Waals surface area contributed by atoms with Gasteiger partial charge < -0.3 is 20.9 Å². The molecule has 0 spiro atoms. The van der Waals surface area contributed by atoms with Gasteiger partial charge in [-0.15, -0.1) is 0 Å². The number of oxime groups is 1. The summed E-state index contributed by atoms with van der Waals surface area (Å²) in [5, 5.41) is 19.9. The molecular formula is C8H17N3O3. The van der Waals surface area contributed by atoms with Crippen LogP contribution in [-0.2, 0) is 4.79 Å². The molecule has 0 aromatic rings. The van der Waals surface area contributed by atoms with Crippen molar-refractivity contribution in [2.24, 2.45) is 16.3 Å². The Balaban J connectivity index is 4.66. The van der Waals surface area contributed by atoms with E-state index in [4.69, 9.17) is 16.0 Å². The first-order chi connectivity index (χ1) is 6.37. The average Bonchev–Trinajstić information content (AvgIpc) is 2.15. The van der Waals surface area contributed by atoms with Crippen LogP contribution in [0.15, 0.2) is 5.16 Å². The maximum absolute atomic E-state index is 11.7. The summed E-state index contributed by atoms with van der Waals surface area (Å²) < 4.78 is 0. The molecule has 0 atom stereocenters. The molecule has 1 amide bonds. The highest BCUT2D eigenvalue weighted by Crippen LogP contribution is 2.18. The zero-order valence-corrected chi connectivity index (χ0v) is 8.69. The van der Waals surface area contributed by atoms with E-state index in [1.165, 1.54) is 4.90 Å². The number of rotatable bonds is 4. The monoisotopic (exact) mass is 203 g/mol. The van der Waals surface area contributed by atoms with Gasteiger partial charge in [0.25, 0.3) is 0 Å². The number of likely N-dealkylation sites (N-methyl/N-ethyl adjacent to an activating group) is 1. The molecule has 0 unspecified atom stereocenters. The Labute approximate surface area is 83.0 Å². The van der Waals surface area contributed by atoms with Gasteiger partial charge in [-0.3, -0.25) is 4.79 Å². The van der Waals surface area contributed by atoms with Crippen molar-refractivity contribution in [1.29, 1.82) is 0 Å². The van der Waals surface area contributed by atoms with E-state index in [0.29, 0.717) is 0 Å². The molecule has 0 aromatic heterocycles. The van der Waals surface area contributed by atoms with E-state index in [1.54, 1.807) is 20.9 Å². The third kappa shape index (κ3) is 2.59. The highest BCUT2D eigenvalue weighted by molar-refractivity contribution is 6.05. The van der Waals surface area contributed by atoms with Crippen LogP contribution in [0.3, 0.4) is 0 Å². The predicted molar refractivity (Wildman–Crippen MR) is 51.9 cm³/mol. The zero-order chi connectivity index (χ0) is 11.4. The second-order valence-electron chi connectivity index (χ2n) is 3.56. The molecule has 6 heteroatoms. The number of aliphatic hydroxyl groups excluding tert-OH is 1. The molecule has 0 fully saturated rings. The summed E-state index contributed by atoms with van der Waals surface area (Å²) in [5.74, 6) is -0.450. The Morgan fingerprint density at radius 1 is 1.57 bits per heavy atom. The third-order valence-electron chi connectivity index (χ3n) is 2.06. The molecule has 4 N–H and O–H groups in total. The number of amidine groups is 1. The quantitative estimate of drug-likeness (QED) is 0.241. The molecule has 6 nitrogen and oxygen atoms in total. The number of hydrogen-bond donors (Lipinski definition) is 3. The summed E-state index contributed by atoms with van der Waals surface area (Å²) in [5.41, 5.74) is 4.32. The van der Waals surface area contributed by atoms with Gasteiger partial charge >= 0.3 is 0 Å². The van der Waals surface area contributed by atoms with E-state index < -0.39 is 5.41 Å². The SMILES string of the molecule is CN(CCO)C(=O)C(C)(C)C(N)=NO. The molecule has 0 saturated carbocycles. The fraction of sp³-hybridized carbons (Fsp3) is 0.750. The first-order valence-corrected chi connectivity index (χ1v) is 4.22. The lowest BCUT2D eigenvalue weighted by Crippen LogP contribution is -2.47. The van der Waals surface area contributed by atoms with Gasteiger partial charge in [-0.2, -0.15) is 0 Å². The number of nitrogens with two attached hydrogens (primary N) is 1. The van der Waals surface area contributed by atoms with Gasteiger partial charge in [-0.1, -0.05) is 5.16 Å². The van der Waals surface area contributed by atoms with E-state index in [9.17, 15) is 4.79 Å². The summed E-state index contributed by atoms with van der Waals surface area (Å²) in [6.45, 7) is 3.21. The molecule has 0 saturated heterocycles. The van der Waals surface area contributed by atoms with Crippen LogP contribution >= 0.6 is 0 Å². The van der Waals surface area contributed by atoms with Crippen molar-refractivity contribution in [3.05, 3.63) is 0 Å². The maximum atomic E-state index is 11.7. The topological polar surface area (TPSA) is 99.2 Å². The van der Waals surface area contributed by atoms with Crippen molar-refractivity contribution in [3.8, 4) is 0 Å². The van der Waals surface area contributed by atoms with Crippen molar-refractivity contribution in [2.75, 3.05) is 20.2 Å². The van der Waals surface area contributed by atoms with Crippen molar-refractivity contribution in [2.45, 2.75) is 13.8 Å². The highest BCUT2D eigenvalue weighted by atomic mass is 16.4. The van der Waals surface area contributed by atoms with Gasteiger partial charge in [-0.05, 0) is 13.8 Å². The zero-order valence-electron chi connectivity index (χ0n) is 8.69. The van der Waals surface area contributed by atoms with Crippen LogP contribution < -0.4 is 5.73 Å². The first kappa shape index (κ1) is 12.7. The third-order valence-corrected chi connectivity index (χ3v) is 2.06. The number of nitrogens with zero attached hydrogens (tertiary/aromatic N) is 2. The molecule has 14 heavy (non-hydrogen) atoms. The number of aliphatic hydroxyl groups is 1. The molecule has 0 bridgehead atoms. The fourth-order valence-electron chi connectivity index (χ4n) is 0.963. The number of hydrogen-bond acceptors (Lipinski definition) is 4. The highest BCUT2D eigenvalue weighted by Gasteiger charge is 2.34. The van der Waals surface area contributed by atoms with Gasteiger partial charge in [0.05, 0.1) is 6.61 Å². The second-order valence-corrected chi connectivity index (χ2v) is 3.56. The van der Waals surface area contributed by atoms with Crippen LogP contribution in [0.25, 0.3) is 0 Å². The molecule has 82 valence electrons. The number of carbonyl (C=O) groups excluding carboxylic acids is 1. The lowest BCUT2D eigenvalue weighted by atomic mass is 9.90. The van der Waals surface area contributed by atoms with Gasteiger partial charge in [-0.25, -0.2) is 0 Å². The number of carbonyl (C=O) groups is 1. The van der Waals surface area contributed by atoms with E-state index in [0.717, 1.165) is 0 Å². The lowest BCUT2D eigenvalue weighted by Gasteiger charge is -2.27. The summed E-state index contributed by atoms with van der Waals surface area (Å²) in [4.78, 5) is 13.0. The van der Waals surface area contributed by atoms with Crippen LogP contribution in [0.1, 0.15) is 13.8 Å². The van der Waals surface area contributed by atoms with Crippen LogP contribution in [0.5, 0.6) is 0 Å². The molecule has 0 aromatic carbocycles. The maximum Gasteiger partial charge on any atom is 0.235 e.